The van der Waals surface area contributed by atoms with Crippen LogP contribution < -0.4 is 19.2 Å². The summed E-state index contributed by atoms with van der Waals surface area (Å²) in [6, 6.07) is 20.6. The second kappa shape index (κ2) is 10.3. The molecule has 6 rings (SSSR count). The average Bonchev–Trinajstić information content (AvgIpc) is 3.42. The van der Waals surface area contributed by atoms with E-state index in [-0.39, 0.29) is 16.7 Å². The zero-order chi connectivity index (χ0) is 27.3. The molecule has 1 saturated heterocycles. The van der Waals surface area contributed by atoms with Gasteiger partial charge >= 0.3 is 4.87 Å². The van der Waals surface area contributed by atoms with Crippen molar-refractivity contribution in [1.29, 1.82) is 0 Å². The first-order chi connectivity index (χ1) is 18.8. The second-order valence-corrected chi connectivity index (χ2v) is 12.5. The third-order valence-electron chi connectivity index (χ3n) is 6.94. The summed E-state index contributed by atoms with van der Waals surface area (Å²) >= 11 is 5.90. The van der Waals surface area contributed by atoms with Gasteiger partial charge in [-0.25, -0.2) is 4.90 Å². The van der Waals surface area contributed by atoms with E-state index in [4.69, 9.17) is 9.47 Å². The quantitative estimate of drug-likeness (QED) is 0.270. The number of anilines is 1. The van der Waals surface area contributed by atoms with Crippen molar-refractivity contribution in [2.45, 2.75) is 29.7 Å². The molecule has 3 heterocycles. The van der Waals surface area contributed by atoms with Gasteiger partial charge < -0.3 is 14.5 Å². The molecular weight excluding hydrogens is 600 g/mol. The van der Waals surface area contributed by atoms with Crippen LogP contribution in [0, 0.1) is 12.8 Å². The van der Waals surface area contributed by atoms with Gasteiger partial charge in [-0.15, -0.1) is 0 Å². The summed E-state index contributed by atoms with van der Waals surface area (Å²) in [7, 11) is 1.56. The van der Waals surface area contributed by atoms with Crippen molar-refractivity contribution in [3.8, 4) is 11.5 Å². The van der Waals surface area contributed by atoms with Gasteiger partial charge in [-0.3, -0.25) is 14.4 Å². The minimum atomic E-state index is -0.709. The number of aromatic amines is 1. The van der Waals surface area contributed by atoms with Crippen molar-refractivity contribution in [2.75, 3.05) is 12.0 Å². The van der Waals surface area contributed by atoms with Gasteiger partial charge in [0.05, 0.1) is 23.7 Å². The maximum Gasteiger partial charge on any atom is 0.305 e. The standard InChI is InChI=1S/C29H23BrN2O5S2/c1-15-4-3-5-16(12-15)14-37-21-11-6-17(30)13-20(21)22-23-25(38-26-24(22)39-29(35)31-26)28(34)32(27(23)33)18-7-9-19(36-2)10-8-18/h3-13,22-23,25H,14H2,1-2H3,(H,31,35). The number of fused-ring (bicyclic) bond motifs is 2. The van der Waals surface area contributed by atoms with E-state index in [0.717, 1.165) is 37.4 Å². The Hall–Kier alpha value is -3.34. The molecule has 3 unspecified atom stereocenters. The monoisotopic (exact) mass is 622 g/mol. The van der Waals surface area contributed by atoms with E-state index in [9.17, 15) is 14.4 Å². The third kappa shape index (κ3) is 4.70. The number of ether oxygens (including phenoxy) is 2. The van der Waals surface area contributed by atoms with Crippen LogP contribution in [0.15, 0.2) is 81.0 Å². The first kappa shape index (κ1) is 25.9. The predicted molar refractivity (Wildman–Crippen MR) is 155 cm³/mol. The number of halogens is 1. The van der Waals surface area contributed by atoms with Gasteiger partial charge in [-0.1, -0.05) is 68.9 Å². The number of nitrogens with one attached hydrogen (secondary N) is 1. The number of hydrogen-bond acceptors (Lipinski definition) is 7. The lowest BCUT2D eigenvalue weighted by atomic mass is 9.82. The number of thioether (sulfide) groups is 1. The van der Waals surface area contributed by atoms with Crippen molar-refractivity contribution < 1.29 is 19.1 Å². The number of amides is 2. The molecular formula is C29H23BrN2O5S2. The highest BCUT2D eigenvalue weighted by atomic mass is 79.9. The Kier molecular flexibility index (Phi) is 6.86. The maximum absolute atomic E-state index is 14.0. The van der Waals surface area contributed by atoms with Gasteiger partial charge in [0.2, 0.25) is 11.8 Å². The van der Waals surface area contributed by atoms with E-state index in [1.54, 1.807) is 31.4 Å². The molecule has 39 heavy (non-hydrogen) atoms. The Labute approximate surface area is 241 Å². The van der Waals surface area contributed by atoms with E-state index < -0.39 is 17.1 Å². The number of rotatable bonds is 6. The molecule has 3 atom stereocenters. The Balaban J connectivity index is 1.43. The van der Waals surface area contributed by atoms with E-state index in [2.05, 4.69) is 27.0 Å². The molecule has 1 fully saturated rings. The van der Waals surface area contributed by atoms with Crippen LogP contribution in [0.3, 0.4) is 0 Å². The Morgan fingerprint density at radius 2 is 1.79 bits per heavy atom. The molecule has 2 amide bonds. The second-order valence-electron chi connectivity index (χ2n) is 9.42. The lowest BCUT2D eigenvalue weighted by Gasteiger charge is -2.31. The van der Waals surface area contributed by atoms with Crippen LogP contribution >= 0.6 is 39.0 Å². The highest BCUT2D eigenvalue weighted by Crippen LogP contribution is 2.54. The number of aromatic nitrogens is 1. The van der Waals surface area contributed by atoms with Gasteiger partial charge in [0.25, 0.3) is 0 Å². The summed E-state index contributed by atoms with van der Waals surface area (Å²) in [6.45, 7) is 2.37. The number of H-pyrrole nitrogens is 1. The Bertz CT molecular complexity index is 1650. The Morgan fingerprint density at radius 3 is 2.54 bits per heavy atom. The van der Waals surface area contributed by atoms with Crippen molar-refractivity contribution in [3.63, 3.8) is 0 Å². The minimum absolute atomic E-state index is 0.221. The average molecular weight is 624 g/mol. The maximum atomic E-state index is 14.0. The van der Waals surface area contributed by atoms with Gasteiger partial charge in [-0.05, 0) is 55.0 Å². The lowest BCUT2D eigenvalue weighted by Crippen LogP contribution is -2.32. The lowest BCUT2D eigenvalue weighted by molar-refractivity contribution is -0.122. The molecule has 3 aromatic carbocycles. The molecule has 2 aliphatic rings. The molecule has 1 N–H and O–H groups in total. The number of nitrogens with zero attached hydrogens (tertiary/aromatic N) is 1. The van der Waals surface area contributed by atoms with Gasteiger partial charge in [-0.2, -0.15) is 0 Å². The molecule has 0 bridgehead atoms. The van der Waals surface area contributed by atoms with Gasteiger partial charge in [0, 0.05) is 20.8 Å². The summed E-state index contributed by atoms with van der Waals surface area (Å²) < 4.78 is 12.4. The number of thiazole rings is 1. The molecule has 2 aliphatic heterocycles. The van der Waals surface area contributed by atoms with Crippen LogP contribution in [-0.4, -0.2) is 29.2 Å². The normalized spacial score (nSPS) is 20.1. The number of hydrogen-bond donors (Lipinski definition) is 1. The topological polar surface area (TPSA) is 88.7 Å². The van der Waals surface area contributed by atoms with Crippen LogP contribution in [0.1, 0.15) is 27.5 Å². The molecule has 0 radical (unpaired) electrons. The highest BCUT2D eigenvalue weighted by molar-refractivity contribution is 9.10. The van der Waals surface area contributed by atoms with Crippen molar-refractivity contribution in [2.24, 2.45) is 5.92 Å². The van der Waals surface area contributed by atoms with Crippen LogP contribution in [0.5, 0.6) is 11.5 Å². The highest BCUT2D eigenvalue weighted by Gasteiger charge is 2.56. The van der Waals surface area contributed by atoms with Crippen LogP contribution in [-0.2, 0) is 16.2 Å². The summed E-state index contributed by atoms with van der Waals surface area (Å²) in [6.07, 6.45) is 0. The number of carbonyl (C=O) groups is 2. The molecule has 10 heteroatoms. The molecule has 198 valence electrons. The van der Waals surface area contributed by atoms with Crippen LogP contribution in [0.2, 0.25) is 0 Å². The largest absolute Gasteiger partial charge is 0.497 e. The summed E-state index contributed by atoms with van der Waals surface area (Å²) in [4.78, 5) is 44.9. The zero-order valence-electron chi connectivity index (χ0n) is 21.0. The summed E-state index contributed by atoms with van der Waals surface area (Å²) in [5.74, 6) is -0.625. The van der Waals surface area contributed by atoms with Crippen molar-refractivity contribution in [3.05, 3.63) is 102 Å². The van der Waals surface area contributed by atoms with E-state index in [1.807, 2.05) is 43.3 Å². The molecule has 7 nitrogen and oxygen atoms in total. The van der Waals surface area contributed by atoms with Crippen LogP contribution in [0.4, 0.5) is 5.69 Å². The first-order valence-electron chi connectivity index (χ1n) is 12.2. The molecule has 4 aromatic rings. The summed E-state index contributed by atoms with van der Waals surface area (Å²) in [5.41, 5.74) is 3.39. The number of aryl methyl sites for hydroxylation is 1. The smallest absolute Gasteiger partial charge is 0.305 e. The first-order valence-corrected chi connectivity index (χ1v) is 14.7. The minimum Gasteiger partial charge on any atom is -0.497 e. The van der Waals surface area contributed by atoms with E-state index in [0.29, 0.717) is 28.8 Å². The van der Waals surface area contributed by atoms with Crippen molar-refractivity contribution >= 4 is 56.5 Å². The molecule has 0 spiro atoms. The number of benzene rings is 3. The van der Waals surface area contributed by atoms with Crippen LogP contribution in [0.25, 0.3) is 0 Å². The number of imide groups is 1. The Morgan fingerprint density at radius 1 is 1.00 bits per heavy atom. The van der Waals surface area contributed by atoms with Gasteiger partial charge in [0.15, 0.2) is 0 Å². The number of methoxy groups -OCH3 is 1. The van der Waals surface area contributed by atoms with Gasteiger partial charge in [0.1, 0.15) is 23.4 Å². The molecule has 0 aliphatic carbocycles. The molecule has 0 saturated carbocycles. The fourth-order valence-electron chi connectivity index (χ4n) is 5.19. The van der Waals surface area contributed by atoms with Crippen molar-refractivity contribution in [1.82, 2.24) is 4.98 Å². The summed E-state index contributed by atoms with van der Waals surface area (Å²) in [5, 5.41) is -0.0652. The SMILES string of the molecule is COc1ccc(N2C(=O)C3Sc4[nH]c(=O)sc4C(c4cc(Br)ccc4OCc4cccc(C)c4)C3C2=O)cc1. The molecule has 1 aromatic heterocycles. The predicted octanol–water partition coefficient (Wildman–Crippen LogP) is 5.89. The fraction of sp³-hybridized carbons (Fsp3) is 0.207. The zero-order valence-corrected chi connectivity index (χ0v) is 24.2. The van der Waals surface area contributed by atoms with E-state index >= 15 is 0 Å². The fourth-order valence-corrected chi connectivity index (χ4v) is 8.08. The van der Waals surface area contributed by atoms with E-state index in [1.165, 1.54) is 16.7 Å². The third-order valence-corrected chi connectivity index (χ3v) is 9.83. The number of carbonyl (C=O) groups excluding carboxylic acids is 2.